The highest BCUT2D eigenvalue weighted by atomic mass is 32.1. The summed E-state index contributed by atoms with van der Waals surface area (Å²) in [4.78, 5) is 22.7. The quantitative estimate of drug-likeness (QED) is 0.778. The lowest BCUT2D eigenvalue weighted by molar-refractivity contribution is 0.0729. The summed E-state index contributed by atoms with van der Waals surface area (Å²) in [5.41, 5.74) is 0.465. The molecule has 120 valence electrons. The van der Waals surface area contributed by atoms with Crippen molar-refractivity contribution >= 4 is 17.2 Å². The highest BCUT2D eigenvalue weighted by molar-refractivity contribution is 7.09. The van der Waals surface area contributed by atoms with E-state index < -0.39 is 0 Å². The fourth-order valence-electron chi connectivity index (χ4n) is 1.85. The first-order valence-corrected chi connectivity index (χ1v) is 7.98. The average molecular weight is 324 g/mol. The van der Waals surface area contributed by atoms with Gasteiger partial charge in [0.25, 0.3) is 5.91 Å². The van der Waals surface area contributed by atoms with Gasteiger partial charge in [-0.05, 0) is 6.92 Å². The molecule has 22 heavy (non-hydrogen) atoms. The van der Waals surface area contributed by atoms with Crippen LogP contribution >= 0.6 is 11.3 Å². The van der Waals surface area contributed by atoms with Crippen molar-refractivity contribution in [2.24, 2.45) is 0 Å². The van der Waals surface area contributed by atoms with Crippen molar-refractivity contribution < 1.29 is 14.1 Å². The normalized spacial score (nSPS) is 11.1. The van der Waals surface area contributed by atoms with E-state index in [9.17, 15) is 4.79 Å². The van der Waals surface area contributed by atoms with Gasteiger partial charge in [-0.1, -0.05) is 19.0 Å². The number of hydrogen-bond acceptors (Lipinski definition) is 7. The molecule has 8 heteroatoms. The molecular weight excluding hydrogens is 304 g/mol. The minimum absolute atomic E-state index is 0.128. The molecule has 0 spiro atoms. The lowest BCUT2D eigenvalue weighted by atomic mass is 10.2. The molecule has 2 rings (SSSR count). The monoisotopic (exact) mass is 324 g/mol. The molecule has 1 amide bonds. The molecule has 0 atom stereocenters. The highest BCUT2D eigenvalue weighted by Gasteiger charge is 2.20. The van der Waals surface area contributed by atoms with Gasteiger partial charge in [0.1, 0.15) is 18.8 Å². The summed E-state index contributed by atoms with van der Waals surface area (Å²) in [5, 5.41) is 6.54. The van der Waals surface area contributed by atoms with E-state index in [-0.39, 0.29) is 19.1 Å². The largest absolute Gasteiger partial charge is 0.377 e. The van der Waals surface area contributed by atoms with Crippen LogP contribution in [0.4, 0.5) is 0 Å². The molecular formula is C14H20N4O3S. The Morgan fingerprint density at radius 2 is 2.23 bits per heavy atom. The van der Waals surface area contributed by atoms with Crippen LogP contribution in [0.5, 0.6) is 0 Å². The second-order valence-electron chi connectivity index (χ2n) is 5.08. The fraction of sp³-hybridized carbons (Fsp3) is 0.571. The van der Waals surface area contributed by atoms with Crippen molar-refractivity contribution in [2.45, 2.75) is 39.8 Å². The van der Waals surface area contributed by atoms with E-state index in [0.717, 1.165) is 5.01 Å². The Labute approximate surface area is 133 Å². The maximum Gasteiger partial charge on any atom is 0.273 e. The zero-order valence-electron chi connectivity index (χ0n) is 13.2. The third-order valence-corrected chi connectivity index (χ3v) is 4.16. The van der Waals surface area contributed by atoms with Crippen LogP contribution in [0.1, 0.15) is 53.9 Å². The van der Waals surface area contributed by atoms with E-state index in [2.05, 4.69) is 29.0 Å². The Kier molecular flexibility index (Phi) is 5.62. The Hall–Kier alpha value is -1.80. The number of carbonyl (C=O) groups is 1. The molecule has 0 bridgehead atoms. The zero-order valence-corrected chi connectivity index (χ0v) is 14.0. The van der Waals surface area contributed by atoms with Gasteiger partial charge in [-0.15, -0.1) is 11.3 Å². The standard InChI is InChI=1S/C14H20N4O3S/c1-5-18(6-12-16-11(7-20-4)17-21-12)14(19)10-8-22-13(15-10)9(2)3/h8-9H,5-7H2,1-4H3. The van der Waals surface area contributed by atoms with Gasteiger partial charge in [0.15, 0.2) is 5.82 Å². The molecule has 2 aromatic rings. The summed E-state index contributed by atoms with van der Waals surface area (Å²) >= 11 is 1.50. The number of methoxy groups -OCH3 is 1. The molecule has 0 aliphatic carbocycles. The van der Waals surface area contributed by atoms with Crippen molar-refractivity contribution in [3.05, 3.63) is 27.8 Å². The Balaban J connectivity index is 2.07. The van der Waals surface area contributed by atoms with Gasteiger partial charge in [-0.2, -0.15) is 4.98 Å². The number of carbonyl (C=O) groups excluding carboxylic acids is 1. The second kappa shape index (κ2) is 7.46. The summed E-state index contributed by atoms with van der Waals surface area (Å²) in [5.74, 6) is 1.05. The van der Waals surface area contributed by atoms with Gasteiger partial charge in [-0.3, -0.25) is 4.79 Å². The Morgan fingerprint density at radius 3 is 2.82 bits per heavy atom. The zero-order chi connectivity index (χ0) is 16.1. The van der Waals surface area contributed by atoms with Gasteiger partial charge in [0.05, 0.1) is 5.01 Å². The molecule has 0 unspecified atom stereocenters. The molecule has 0 radical (unpaired) electrons. The number of aromatic nitrogens is 3. The molecule has 0 aromatic carbocycles. The van der Waals surface area contributed by atoms with Crippen LogP contribution in [-0.2, 0) is 17.9 Å². The number of rotatable bonds is 7. The number of nitrogens with zero attached hydrogens (tertiary/aromatic N) is 4. The van der Waals surface area contributed by atoms with Gasteiger partial charge in [-0.25, -0.2) is 4.98 Å². The molecule has 0 fully saturated rings. The minimum atomic E-state index is -0.128. The van der Waals surface area contributed by atoms with Crippen LogP contribution in [0.25, 0.3) is 0 Å². The van der Waals surface area contributed by atoms with Crippen molar-refractivity contribution in [1.82, 2.24) is 20.0 Å². The van der Waals surface area contributed by atoms with Crippen molar-refractivity contribution in [1.29, 1.82) is 0 Å². The van der Waals surface area contributed by atoms with E-state index in [4.69, 9.17) is 9.26 Å². The molecule has 7 nitrogen and oxygen atoms in total. The van der Waals surface area contributed by atoms with Crippen molar-refractivity contribution in [2.75, 3.05) is 13.7 Å². The Morgan fingerprint density at radius 1 is 1.45 bits per heavy atom. The van der Waals surface area contributed by atoms with E-state index in [1.807, 2.05) is 6.92 Å². The lowest BCUT2D eigenvalue weighted by Gasteiger charge is -2.17. The van der Waals surface area contributed by atoms with Gasteiger partial charge in [0.2, 0.25) is 5.89 Å². The topological polar surface area (TPSA) is 81.4 Å². The predicted octanol–water partition coefficient (Wildman–Crippen LogP) is 2.46. The van der Waals surface area contributed by atoms with Gasteiger partial charge < -0.3 is 14.2 Å². The Bertz CT molecular complexity index is 623. The molecule has 2 heterocycles. The average Bonchev–Trinajstić information content (AvgIpc) is 3.14. The van der Waals surface area contributed by atoms with Crippen LogP contribution in [0.2, 0.25) is 0 Å². The first kappa shape index (κ1) is 16.6. The summed E-state index contributed by atoms with van der Waals surface area (Å²) < 4.78 is 10.1. The summed E-state index contributed by atoms with van der Waals surface area (Å²) in [7, 11) is 1.56. The molecule has 2 aromatic heterocycles. The number of amides is 1. The van der Waals surface area contributed by atoms with Crippen molar-refractivity contribution in [3.8, 4) is 0 Å². The number of hydrogen-bond donors (Lipinski definition) is 0. The SMILES string of the molecule is CCN(Cc1nc(COC)no1)C(=O)c1csc(C(C)C)n1. The van der Waals surface area contributed by atoms with Crippen LogP contribution in [0.15, 0.2) is 9.90 Å². The van der Waals surface area contributed by atoms with E-state index >= 15 is 0 Å². The van der Waals surface area contributed by atoms with E-state index in [1.165, 1.54) is 11.3 Å². The van der Waals surface area contributed by atoms with Crippen LogP contribution in [-0.4, -0.2) is 39.6 Å². The summed E-state index contributed by atoms with van der Waals surface area (Å²) in [6.07, 6.45) is 0. The number of ether oxygens (including phenoxy) is 1. The predicted molar refractivity (Wildman–Crippen MR) is 81.6 cm³/mol. The van der Waals surface area contributed by atoms with Crippen LogP contribution in [0.3, 0.4) is 0 Å². The first-order chi connectivity index (χ1) is 10.5. The van der Waals surface area contributed by atoms with Crippen molar-refractivity contribution in [3.63, 3.8) is 0 Å². The minimum Gasteiger partial charge on any atom is -0.377 e. The van der Waals surface area contributed by atoms with E-state index in [1.54, 1.807) is 17.4 Å². The molecule has 0 N–H and O–H groups in total. The molecule has 0 aliphatic rings. The maximum absolute atomic E-state index is 12.5. The van der Waals surface area contributed by atoms with Crippen LogP contribution in [0, 0.1) is 0 Å². The van der Waals surface area contributed by atoms with Gasteiger partial charge >= 0.3 is 0 Å². The third-order valence-electron chi connectivity index (χ3n) is 3.01. The molecule has 0 saturated carbocycles. The first-order valence-electron chi connectivity index (χ1n) is 7.10. The fourth-order valence-corrected chi connectivity index (χ4v) is 2.65. The smallest absolute Gasteiger partial charge is 0.273 e. The highest BCUT2D eigenvalue weighted by Crippen LogP contribution is 2.20. The molecule has 0 saturated heterocycles. The number of thiazole rings is 1. The van der Waals surface area contributed by atoms with E-state index in [0.29, 0.717) is 29.9 Å². The lowest BCUT2D eigenvalue weighted by Crippen LogP contribution is -2.30. The maximum atomic E-state index is 12.5. The van der Waals surface area contributed by atoms with Crippen LogP contribution < -0.4 is 0 Å². The second-order valence-corrected chi connectivity index (χ2v) is 5.97. The van der Waals surface area contributed by atoms with Gasteiger partial charge in [0, 0.05) is 25.0 Å². The third kappa shape index (κ3) is 3.89. The molecule has 0 aliphatic heterocycles. The summed E-state index contributed by atoms with van der Waals surface area (Å²) in [6.45, 7) is 7.10. The summed E-state index contributed by atoms with van der Waals surface area (Å²) in [6, 6.07) is 0.